The van der Waals surface area contributed by atoms with Crippen molar-refractivity contribution in [1.29, 1.82) is 0 Å². The molecule has 6 rings (SSSR count). The third-order valence-corrected chi connectivity index (χ3v) is 14.0. The first kappa shape index (κ1) is 40.3. The summed E-state index contributed by atoms with van der Waals surface area (Å²) >= 11 is 12.2. The number of carbonyl (C=O) groups excluding carboxylic acids is 4. The fourth-order valence-electron chi connectivity index (χ4n) is 6.87. The molecule has 8 N–H and O–H groups in total. The molecule has 0 saturated carbocycles. The number of aliphatic carboxylic acids is 2. The van der Waals surface area contributed by atoms with Crippen LogP contribution >= 0.6 is 23.2 Å². The van der Waals surface area contributed by atoms with Crippen molar-refractivity contribution in [2.75, 3.05) is 35.8 Å². The number of fused-ring (bicyclic) bond motifs is 4. The molecule has 2 aliphatic rings. The standard InChI is InChI=1S/2C21H26ClN3O3S.C2H2O4/c2*1-25-18-9-6-5-8-16(18)21(24-13-7-3-2-4-10-20(23)26)17-12-11-15(22)14-19(17)29(25,27)28;3-1(4)2(5)6/h2*5-6,8-9,11-12,14,21,24H,2-4,7,10,13H2,1H3,(H2,23,26);(H,3,4)(H,5,6)/t2*21-;/m00./s1/i2*2D2,4D2;. The second-order valence-corrected chi connectivity index (χ2v) is 19.0. The quantitative estimate of drug-likeness (QED) is 0.0931. The Morgan fingerprint density at radius 3 is 1.30 bits per heavy atom. The van der Waals surface area contributed by atoms with Gasteiger partial charge in [-0.2, -0.15) is 0 Å². The molecule has 0 unspecified atom stereocenters. The molecule has 0 fully saturated rings. The number of hydrogen-bond acceptors (Lipinski definition) is 10. The Morgan fingerprint density at radius 1 is 0.594 bits per heavy atom. The first-order valence-corrected chi connectivity index (χ1v) is 23.2. The van der Waals surface area contributed by atoms with Crippen molar-refractivity contribution in [3.63, 3.8) is 0 Å². The molecule has 4 aromatic carbocycles. The number of carboxylic acid groups (broad SMARTS) is 2. The number of para-hydroxylation sites is 2. The summed E-state index contributed by atoms with van der Waals surface area (Å²) in [5.74, 6) is -6.16. The van der Waals surface area contributed by atoms with Crippen LogP contribution in [0.1, 0.15) is 109 Å². The molecule has 2 amide bonds. The van der Waals surface area contributed by atoms with Crippen LogP contribution in [0.25, 0.3) is 0 Å². The third kappa shape index (κ3) is 13.4. The molecule has 16 nitrogen and oxygen atoms in total. The van der Waals surface area contributed by atoms with Gasteiger partial charge in [-0.25, -0.2) is 16.8 Å². The number of quaternary nitrogens is 2. The number of rotatable bonds is 16. The number of anilines is 2. The van der Waals surface area contributed by atoms with Gasteiger partial charge in [0.05, 0.1) is 46.2 Å². The van der Waals surface area contributed by atoms with Crippen LogP contribution in [-0.4, -0.2) is 67.8 Å². The van der Waals surface area contributed by atoms with E-state index in [0.717, 1.165) is 11.1 Å². The minimum absolute atomic E-state index is 0.114. The summed E-state index contributed by atoms with van der Waals surface area (Å²) < 4.78 is 119. The highest BCUT2D eigenvalue weighted by Gasteiger charge is 2.38. The first-order valence-electron chi connectivity index (χ1n) is 23.6. The molecule has 4 aromatic rings. The molecule has 2 atom stereocenters. The van der Waals surface area contributed by atoms with Crippen LogP contribution in [-0.2, 0) is 39.2 Å². The second kappa shape index (κ2) is 23.6. The van der Waals surface area contributed by atoms with Gasteiger partial charge in [-0.1, -0.05) is 72.3 Å². The van der Waals surface area contributed by atoms with E-state index >= 15 is 0 Å². The van der Waals surface area contributed by atoms with Crippen molar-refractivity contribution < 1.29 is 67.8 Å². The summed E-state index contributed by atoms with van der Waals surface area (Å²) in [7, 11) is -4.68. The highest BCUT2D eigenvalue weighted by atomic mass is 35.5. The van der Waals surface area contributed by atoms with Crippen molar-refractivity contribution >= 4 is 78.4 Å². The van der Waals surface area contributed by atoms with E-state index in [4.69, 9.17) is 65.4 Å². The summed E-state index contributed by atoms with van der Waals surface area (Å²) in [4.78, 5) is 40.3. The zero-order chi connectivity index (χ0) is 54.4. The number of amides is 2. The minimum Gasteiger partial charge on any atom is -0.543 e. The molecule has 0 bridgehead atoms. The average molecular weight is 970 g/mol. The van der Waals surface area contributed by atoms with Crippen molar-refractivity contribution in [3.05, 3.63) is 117 Å². The van der Waals surface area contributed by atoms with Crippen molar-refractivity contribution in [1.82, 2.24) is 0 Å². The molecule has 346 valence electrons. The largest absolute Gasteiger partial charge is 0.543 e. The van der Waals surface area contributed by atoms with E-state index in [2.05, 4.69) is 0 Å². The second-order valence-electron chi connectivity index (χ2n) is 14.2. The van der Waals surface area contributed by atoms with E-state index in [1.54, 1.807) is 48.5 Å². The molecule has 0 aliphatic carbocycles. The van der Waals surface area contributed by atoms with E-state index in [1.165, 1.54) is 34.8 Å². The van der Waals surface area contributed by atoms with Crippen LogP contribution < -0.4 is 40.9 Å². The van der Waals surface area contributed by atoms with E-state index in [1.807, 2.05) is 34.9 Å². The van der Waals surface area contributed by atoms with Gasteiger partial charge in [0, 0.05) is 70.2 Å². The normalized spacial score (nSPS) is 19.1. The van der Waals surface area contributed by atoms with Gasteiger partial charge < -0.3 is 41.9 Å². The maximum absolute atomic E-state index is 13.3. The topological polar surface area (TPSA) is 274 Å². The summed E-state index contributed by atoms with van der Waals surface area (Å²) in [6.45, 7) is 0.800. The molecular weight excluding hydrogens is 908 g/mol. The van der Waals surface area contributed by atoms with Crippen molar-refractivity contribution in [3.8, 4) is 0 Å². The Bertz CT molecular complexity index is 2710. The Morgan fingerprint density at radius 2 is 0.953 bits per heavy atom. The molecular formula is C44H54Cl2N6O10S2. The molecule has 0 spiro atoms. The van der Waals surface area contributed by atoms with Crippen molar-refractivity contribution in [2.24, 2.45) is 11.5 Å². The minimum atomic E-state index is -3.84. The van der Waals surface area contributed by atoms with E-state index in [9.17, 15) is 26.4 Å². The number of primary amides is 2. The van der Waals surface area contributed by atoms with Gasteiger partial charge in [0.2, 0.25) is 11.8 Å². The van der Waals surface area contributed by atoms with Gasteiger partial charge in [0.1, 0.15) is 12.1 Å². The number of nitrogens with two attached hydrogens (primary N) is 4. The van der Waals surface area contributed by atoms with Gasteiger partial charge in [0.25, 0.3) is 20.0 Å². The SMILES string of the molecule is O=C([O-])C(=O)[O-].[2H]C([2H])(CCC[NH2+][C@H]1c2ccccc2N(C)S(=O)(=O)c2cc(Cl)ccc21)C([2H])([2H])CC(N)=O.[2H]C([2H])(CCC[NH2+][C@H]1c2ccccc2N(C)S(=O)(=O)c2cc(Cl)ccc21)C([2H])([2H])CC(N)=O. The van der Waals surface area contributed by atoms with Gasteiger partial charge in [-0.05, 0) is 87.0 Å². The monoisotopic (exact) mass is 968 g/mol. The average Bonchev–Trinajstić information content (AvgIpc) is 3.39. The maximum atomic E-state index is 13.3. The highest BCUT2D eigenvalue weighted by molar-refractivity contribution is 7.93. The lowest BCUT2D eigenvalue weighted by Gasteiger charge is -2.20. The fraction of sp³-hybridized carbons (Fsp3) is 0.364. The fourth-order valence-corrected chi connectivity index (χ4v) is 10.3. The van der Waals surface area contributed by atoms with Crippen molar-refractivity contribution in [2.45, 2.75) is 85.9 Å². The Balaban J connectivity index is 0.000000281. The van der Waals surface area contributed by atoms with Gasteiger partial charge >= 0.3 is 0 Å². The molecule has 0 radical (unpaired) electrons. The number of hydrogen-bond donors (Lipinski definition) is 4. The highest BCUT2D eigenvalue weighted by Crippen LogP contribution is 2.40. The van der Waals surface area contributed by atoms with E-state index in [-0.39, 0.29) is 34.7 Å². The first-order chi connectivity index (χ1) is 33.2. The molecule has 2 heterocycles. The molecule has 20 heteroatoms. The third-order valence-electron chi connectivity index (χ3n) is 9.88. The van der Waals surface area contributed by atoms with E-state index < -0.39 is 82.1 Å². The lowest BCUT2D eigenvalue weighted by Crippen LogP contribution is -2.85. The van der Waals surface area contributed by atoms with Crippen LogP contribution in [0, 0.1) is 0 Å². The molecule has 2 aliphatic heterocycles. The lowest BCUT2D eigenvalue weighted by molar-refractivity contribution is -0.687. The van der Waals surface area contributed by atoms with E-state index in [0.29, 0.717) is 58.5 Å². The zero-order valence-corrected chi connectivity index (χ0v) is 37.9. The Hall–Kier alpha value is -5.24. The predicted octanol–water partition coefficient (Wildman–Crippen LogP) is 1.62. The van der Waals surface area contributed by atoms with Crippen LogP contribution in [0.4, 0.5) is 11.4 Å². The number of benzene rings is 4. The molecule has 0 aromatic heterocycles. The smallest absolute Gasteiger partial charge is 0.264 e. The summed E-state index contributed by atoms with van der Waals surface area (Å²) in [6.07, 6.45) is -10.3. The molecule has 64 heavy (non-hydrogen) atoms. The number of carboxylic acids is 2. The number of halogens is 2. The number of nitrogens with zero attached hydrogens (tertiary/aromatic N) is 2. The number of sulfonamides is 2. The number of carbonyl (C=O) groups is 4. The summed E-state index contributed by atoms with van der Waals surface area (Å²) in [6, 6.07) is 23.1. The van der Waals surface area contributed by atoms with Crippen LogP contribution in [0.5, 0.6) is 0 Å². The van der Waals surface area contributed by atoms with Crippen LogP contribution in [0.2, 0.25) is 10.0 Å². The van der Waals surface area contributed by atoms with Gasteiger partial charge in [0.15, 0.2) is 0 Å². The Kier molecular flexibility index (Phi) is 14.9. The summed E-state index contributed by atoms with van der Waals surface area (Å²) in [5.41, 5.74) is 13.9. The van der Waals surface area contributed by atoms with Gasteiger partial charge in [-0.3, -0.25) is 18.2 Å². The molecule has 0 saturated heterocycles. The zero-order valence-electron chi connectivity index (χ0n) is 42.8. The summed E-state index contributed by atoms with van der Waals surface area (Å²) in [5, 5.41) is 22.3. The van der Waals surface area contributed by atoms with Crippen LogP contribution in [0.15, 0.2) is 94.7 Å². The van der Waals surface area contributed by atoms with Gasteiger partial charge in [-0.15, -0.1) is 0 Å². The predicted molar refractivity (Wildman–Crippen MR) is 239 cm³/mol. The maximum Gasteiger partial charge on any atom is 0.264 e. The Labute approximate surface area is 395 Å². The van der Waals surface area contributed by atoms with Crippen LogP contribution in [0.3, 0.4) is 0 Å². The lowest BCUT2D eigenvalue weighted by atomic mass is 9.96.